The van der Waals surface area contributed by atoms with Crippen LogP contribution >= 0.6 is 0 Å². The zero-order valence-electron chi connectivity index (χ0n) is 16.6. The fraction of sp³-hybridized carbons (Fsp3) is 0.381. The summed E-state index contributed by atoms with van der Waals surface area (Å²) in [5, 5.41) is 2.40. The second kappa shape index (κ2) is 8.32. The first-order valence-corrected chi connectivity index (χ1v) is 9.30. The van der Waals surface area contributed by atoms with Gasteiger partial charge in [-0.2, -0.15) is 13.2 Å². The molecule has 29 heavy (non-hydrogen) atoms. The average Bonchev–Trinajstić information content (AvgIpc) is 2.68. The lowest BCUT2D eigenvalue weighted by Crippen LogP contribution is -2.44. The van der Waals surface area contributed by atoms with Crippen LogP contribution in [0.5, 0.6) is 5.75 Å². The summed E-state index contributed by atoms with van der Waals surface area (Å²) >= 11 is 0. The fourth-order valence-electron chi connectivity index (χ4n) is 3.29. The highest BCUT2D eigenvalue weighted by Crippen LogP contribution is 2.38. The molecular formula is C21H24F3N3O2. The highest BCUT2D eigenvalue weighted by atomic mass is 19.4. The van der Waals surface area contributed by atoms with Gasteiger partial charge < -0.3 is 19.9 Å². The third-order valence-electron chi connectivity index (χ3n) is 5.10. The minimum atomic E-state index is -4.59. The number of hydrogen-bond acceptors (Lipinski definition) is 4. The lowest BCUT2D eigenvalue weighted by molar-refractivity contribution is -0.136. The number of hydrogen-bond donors (Lipinski definition) is 1. The molecule has 0 atom stereocenters. The molecule has 0 aliphatic carbocycles. The zero-order chi connectivity index (χ0) is 21.2. The van der Waals surface area contributed by atoms with E-state index in [1.807, 2.05) is 18.9 Å². The fourth-order valence-corrected chi connectivity index (χ4v) is 3.29. The van der Waals surface area contributed by atoms with E-state index in [0.717, 1.165) is 24.7 Å². The number of rotatable bonds is 4. The molecule has 0 unspecified atom stereocenters. The van der Waals surface area contributed by atoms with E-state index in [1.165, 1.54) is 19.2 Å². The van der Waals surface area contributed by atoms with Gasteiger partial charge in [0.2, 0.25) is 0 Å². The molecule has 1 N–H and O–H groups in total. The Bertz CT molecular complexity index is 891. The van der Waals surface area contributed by atoms with E-state index in [0.29, 0.717) is 24.5 Å². The third kappa shape index (κ3) is 4.82. The van der Waals surface area contributed by atoms with Gasteiger partial charge in [-0.25, -0.2) is 0 Å². The molecule has 1 aliphatic rings. The van der Waals surface area contributed by atoms with Crippen molar-refractivity contribution in [3.05, 3.63) is 53.1 Å². The number of benzene rings is 2. The molecule has 2 aromatic carbocycles. The quantitative estimate of drug-likeness (QED) is 0.831. The molecule has 0 radical (unpaired) electrons. The van der Waals surface area contributed by atoms with E-state index in [2.05, 4.69) is 10.2 Å². The molecule has 0 saturated carbocycles. The van der Waals surface area contributed by atoms with Gasteiger partial charge in [0.25, 0.3) is 5.91 Å². The molecule has 8 heteroatoms. The van der Waals surface area contributed by atoms with Gasteiger partial charge in [0, 0.05) is 37.4 Å². The Kier molecular flexibility index (Phi) is 6.02. The van der Waals surface area contributed by atoms with Gasteiger partial charge in [0.15, 0.2) is 0 Å². The van der Waals surface area contributed by atoms with Crippen LogP contribution in [0.15, 0.2) is 36.4 Å². The third-order valence-corrected chi connectivity index (χ3v) is 5.10. The maximum absolute atomic E-state index is 13.7. The van der Waals surface area contributed by atoms with Crippen molar-refractivity contribution in [2.24, 2.45) is 0 Å². The van der Waals surface area contributed by atoms with Crippen molar-refractivity contribution in [1.29, 1.82) is 0 Å². The van der Waals surface area contributed by atoms with E-state index in [4.69, 9.17) is 4.74 Å². The van der Waals surface area contributed by atoms with Gasteiger partial charge >= 0.3 is 6.18 Å². The van der Waals surface area contributed by atoms with Crippen LogP contribution in [0.25, 0.3) is 0 Å². The number of amides is 1. The standard InChI is InChI=1S/C21H24F3N3O2/c1-14-4-5-15(12-19(14)29-3)20(28)25-18-7-6-16(13-17(18)21(22,23)24)27-10-8-26(2)9-11-27/h4-7,12-13H,8-11H2,1-3H3,(H,25,28). The Morgan fingerprint density at radius 3 is 2.38 bits per heavy atom. The molecule has 0 aromatic heterocycles. The first-order chi connectivity index (χ1) is 13.7. The van der Waals surface area contributed by atoms with Crippen LogP contribution < -0.4 is 15.0 Å². The maximum Gasteiger partial charge on any atom is 0.418 e. The number of ether oxygens (including phenoxy) is 1. The van der Waals surface area contributed by atoms with Gasteiger partial charge in [0.1, 0.15) is 5.75 Å². The van der Waals surface area contributed by atoms with E-state index >= 15 is 0 Å². The predicted molar refractivity (Wildman–Crippen MR) is 107 cm³/mol. The first-order valence-electron chi connectivity index (χ1n) is 9.30. The highest BCUT2D eigenvalue weighted by Gasteiger charge is 2.35. The van der Waals surface area contributed by atoms with Crippen molar-refractivity contribution in [1.82, 2.24) is 4.90 Å². The monoisotopic (exact) mass is 407 g/mol. The molecule has 1 aliphatic heterocycles. The van der Waals surface area contributed by atoms with Gasteiger partial charge in [-0.15, -0.1) is 0 Å². The number of methoxy groups -OCH3 is 1. The zero-order valence-corrected chi connectivity index (χ0v) is 16.6. The van der Waals surface area contributed by atoms with Crippen molar-refractivity contribution in [2.75, 3.05) is 50.6 Å². The lowest BCUT2D eigenvalue weighted by atomic mass is 10.1. The van der Waals surface area contributed by atoms with Gasteiger partial charge in [-0.05, 0) is 49.9 Å². The number of nitrogens with zero attached hydrogens (tertiary/aromatic N) is 2. The number of likely N-dealkylation sites (N-methyl/N-ethyl adjacent to an activating group) is 1. The Morgan fingerprint density at radius 1 is 1.07 bits per heavy atom. The Balaban J connectivity index is 1.87. The van der Waals surface area contributed by atoms with Crippen molar-refractivity contribution >= 4 is 17.3 Å². The predicted octanol–water partition coefficient (Wildman–Crippen LogP) is 4.03. The van der Waals surface area contributed by atoms with Gasteiger partial charge in [-0.3, -0.25) is 4.79 Å². The van der Waals surface area contributed by atoms with Crippen LogP contribution in [0.2, 0.25) is 0 Å². The number of alkyl halides is 3. The van der Waals surface area contributed by atoms with Crippen LogP contribution in [0.4, 0.5) is 24.5 Å². The minimum Gasteiger partial charge on any atom is -0.496 e. The normalized spacial score (nSPS) is 15.3. The lowest BCUT2D eigenvalue weighted by Gasteiger charge is -2.34. The highest BCUT2D eigenvalue weighted by molar-refractivity contribution is 6.05. The molecule has 0 spiro atoms. The molecule has 1 heterocycles. The van der Waals surface area contributed by atoms with E-state index in [-0.39, 0.29) is 11.3 Å². The summed E-state index contributed by atoms with van der Waals surface area (Å²) in [5.74, 6) is -0.125. The van der Waals surface area contributed by atoms with Gasteiger partial charge in [-0.1, -0.05) is 6.07 Å². The molecule has 2 aromatic rings. The molecular weight excluding hydrogens is 383 g/mol. The number of aryl methyl sites for hydroxylation is 1. The number of carbonyl (C=O) groups is 1. The molecule has 156 valence electrons. The van der Waals surface area contributed by atoms with E-state index in [9.17, 15) is 18.0 Å². The second-order valence-electron chi connectivity index (χ2n) is 7.16. The van der Waals surface area contributed by atoms with Crippen LogP contribution in [-0.4, -0.2) is 51.1 Å². The van der Waals surface area contributed by atoms with Crippen LogP contribution in [0, 0.1) is 6.92 Å². The van der Waals surface area contributed by atoms with Gasteiger partial charge in [0.05, 0.1) is 18.4 Å². The molecule has 5 nitrogen and oxygen atoms in total. The van der Waals surface area contributed by atoms with Crippen LogP contribution in [-0.2, 0) is 6.18 Å². The van der Waals surface area contributed by atoms with Crippen molar-refractivity contribution < 1.29 is 22.7 Å². The van der Waals surface area contributed by atoms with Crippen molar-refractivity contribution in [3.8, 4) is 5.75 Å². The van der Waals surface area contributed by atoms with Crippen molar-refractivity contribution in [3.63, 3.8) is 0 Å². The SMILES string of the molecule is COc1cc(C(=O)Nc2ccc(N3CCN(C)CC3)cc2C(F)(F)F)ccc1C. The summed E-state index contributed by atoms with van der Waals surface area (Å²) in [6, 6.07) is 8.80. The molecule has 3 rings (SSSR count). The first kappa shape index (κ1) is 21.0. The van der Waals surface area contributed by atoms with Crippen LogP contribution in [0.3, 0.4) is 0 Å². The molecule has 1 fully saturated rings. The number of nitrogens with one attached hydrogen (secondary N) is 1. The molecule has 1 amide bonds. The number of anilines is 2. The smallest absolute Gasteiger partial charge is 0.418 e. The largest absolute Gasteiger partial charge is 0.496 e. The number of carbonyl (C=O) groups excluding carboxylic acids is 1. The van der Waals surface area contributed by atoms with E-state index < -0.39 is 17.6 Å². The summed E-state index contributed by atoms with van der Waals surface area (Å²) in [7, 11) is 3.46. The maximum atomic E-state index is 13.7. The number of halogens is 3. The minimum absolute atomic E-state index is 0.226. The average molecular weight is 407 g/mol. The summed E-state index contributed by atoms with van der Waals surface area (Å²) < 4.78 is 46.2. The summed E-state index contributed by atoms with van der Waals surface area (Å²) in [4.78, 5) is 16.6. The number of piperazine rings is 1. The molecule has 1 saturated heterocycles. The Morgan fingerprint density at radius 2 is 1.76 bits per heavy atom. The summed E-state index contributed by atoms with van der Waals surface area (Å²) in [5.41, 5.74) is 0.432. The Labute approximate surface area is 168 Å². The van der Waals surface area contributed by atoms with Crippen molar-refractivity contribution in [2.45, 2.75) is 13.1 Å². The van der Waals surface area contributed by atoms with E-state index in [1.54, 1.807) is 18.2 Å². The summed E-state index contributed by atoms with van der Waals surface area (Å²) in [6.45, 7) is 4.70. The molecule has 0 bridgehead atoms. The summed E-state index contributed by atoms with van der Waals surface area (Å²) in [6.07, 6.45) is -4.59. The van der Waals surface area contributed by atoms with Crippen LogP contribution in [0.1, 0.15) is 21.5 Å². The topological polar surface area (TPSA) is 44.8 Å². The Hall–Kier alpha value is -2.74. The second-order valence-corrected chi connectivity index (χ2v) is 7.16.